The van der Waals surface area contributed by atoms with Crippen molar-refractivity contribution in [2.75, 3.05) is 31.1 Å². The summed E-state index contributed by atoms with van der Waals surface area (Å²) in [5.41, 5.74) is 4.50. The van der Waals surface area contributed by atoms with Gasteiger partial charge in [-0.15, -0.1) is 20.4 Å². The van der Waals surface area contributed by atoms with Gasteiger partial charge in [-0.2, -0.15) is 0 Å². The van der Waals surface area contributed by atoms with Gasteiger partial charge < -0.3 is 30.5 Å². The lowest BCUT2D eigenvalue weighted by Gasteiger charge is -2.46. The molecule has 2 aromatic carbocycles. The zero-order chi connectivity index (χ0) is 38.9. The second-order valence-corrected chi connectivity index (χ2v) is 16.3. The second kappa shape index (κ2) is 15.3. The van der Waals surface area contributed by atoms with Gasteiger partial charge in [-0.05, 0) is 106 Å². The van der Waals surface area contributed by atoms with Crippen molar-refractivity contribution < 1.29 is 14.9 Å². The molecule has 2 aliphatic heterocycles. The lowest BCUT2D eigenvalue weighted by molar-refractivity contribution is 0.0524. The molecule has 0 saturated carbocycles. The number of nitrogens with one attached hydrogen (secondary N) is 2. The maximum absolute atomic E-state index is 10.6. The number of rotatable bonds is 6. The SMILES string of the molecule is CC(C)c1cc2cc(O)c(-c3ccc(OC4CC(C)(C)NC(C)(C)C4)nn3)cc2cn1.Cc1cc2cc(O)c(-c3ccc(N4CCNCC4)nn3)cc2cn1. The third-order valence-corrected chi connectivity index (χ3v) is 10.1. The predicted octanol–water partition coefficient (Wildman–Crippen LogP) is 7.32. The number of benzene rings is 2. The topological polar surface area (TPSA) is 154 Å². The van der Waals surface area contributed by atoms with Crippen LogP contribution in [-0.4, -0.2) is 83.9 Å². The van der Waals surface area contributed by atoms with E-state index in [0.29, 0.717) is 34.3 Å². The Hall–Kier alpha value is -5.46. The molecule has 8 rings (SSSR count). The first-order valence-corrected chi connectivity index (χ1v) is 19.0. The van der Waals surface area contributed by atoms with Crippen LogP contribution in [0, 0.1) is 6.92 Å². The number of aromatic hydroxyl groups is 2. The van der Waals surface area contributed by atoms with Crippen molar-refractivity contribution in [1.82, 2.24) is 41.0 Å². The lowest BCUT2D eigenvalue weighted by Crippen LogP contribution is -2.60. The minimum Gasteiger partial charge on any atom is -0.507 e. The highest BCUT2D eigenvalue weighted by Crippen LogP contribution is 2.35. The van der Waals surface area contributed by atoms with E-state index in [1.54, 1.807) is 12.1 Å². The van der Waals surface area contributed by atoms with Crippen molar-refractivity contribution in [2.24, 2.45) is 0 Å². The Bertz CT molecular complexity index is 2270. The first-order valence-electron chi connectivity index (χ1n) is 19.0. The number of piperidine rings is 1. The summed E-state index contributed by atoms with van der Waals surface area (Å²) < 4.78 is 6.17. The molecule has 0 unspecified atom stereocenters. The standard InChI is InChI=1S/C25H32N4O2.C18H19N5O/c1-15(2)21-10-16-11-22(30)19(9-17(16)14-26-21)20-7-8-23(28-27-20)31-18-12-24(3,4)29-25(5,6)13-18;1-12-8-13-10-17(24)15(9-14(13)11-20-12)16-2-3-18(22-21-16)23-6-4-19-5-7-23/h7-11,14-15,18,29-30H,12-13H2,1-6H3;2-3,8-11,19,24H,4-7H2,1H3. The summed E-state index contributed by atoms with van der Waals surface area (Å²) in [4.78, 5) is 11.1. The van der Waals surface area contributed by atoms with Gasteiger partial charge in [-0.3, -0.25) is 9.97 Å². The van der Waals surface area contributed by atoms with Crippen LogP contribution in [0.2, 0.25) is 0 Å². The molecule has 0 radical (unpaired) electrons. The monoisotopic (exact) mass is 741 g/mol. The van der Waals surface area contributed by atoms with E-state index < -0.39 is 0 Å². The Balaban J connectivity index is 0.000000174. The first-order chi connectivity index (χ1) is 26.2. The fraction of sp³-hybridized carbons (Fsp3) is 0.395. The number of anilines is 1. The maximum atomic E-state index is 10.6. The first kappa shape index (κ1) is 37.8. The predicted molar refractivity (Wildman–Crippen MR) is 218 cm³/mol. The molecule has 6 aromatic rings. The number of aromatic nitrogens is 6. The van der Waals surface area contributed by atoms with Crippen LogP contribution in [0.15, 0.2) is 73.1 Å². The largest absolute Gasteiger partial charge is 0.507 e. The summed E-state index contributed by atoms with van der Waals surface area (Å²) in [6.07, 6.45) is 5.53. The van der Waals surface area contributed by atoms with Crippen LogP contribution in [0.3, 0.4) is 0 Å². The number of aryl methyl sites for hydroxylation is 1. The summed E-state index contributed by atoms with van der Waals surface area (Å²) in [7, 11) is 0. The quantitative estimate of drug-likeness (QED) is 0.135. The van der Waals surface area contributed by atoms with E-state index in [1.165, 1.54) is 0 Å². The third kappa shape index (κ3) is 8.92. The maximum Gasteiger partial charge on any atom is 0.233 e. The second-order valence-electron chi connectivity index (χ2n) is 16.3. The highest BCUT2D eigenvalue weighted by molar-refractivity contribution is 5.90. The van der Waals surface area contributed by atoms with Crippen molar-refractivity contribution >= 4 is 27.4 Å². The number of hydrogen-bond donors (Lipinski definition) is 4. The van der Waals surface area contributed by atoms with E-state index in [-0.39, 0.29) is 28.7 Å². The average Bonchev–Trinajstić information content (AvgIpc) is 3.14. The number of fused-ring (bicyclic) bond motifs is 2. The molecule has 286 valence electrons. The average molecular weight is 742 g/mol. The van der Waals surface area contributed by atoms with Gasteiger partial charge in [0.05, 0.1) is 11.4 Å². The minimum absolute atomic E-state index is 0.000140. The molecule has 0 atom stereocenters. The molecule has 2 fully saturated rings. The summed E-state index contributed by atoms with van der Waals surface area (Å²) in [6.45, 7) is 18.7. The molecule has 12 nitrogen and oxygen atoms in total. The Morgan fingerprint density at radius 1 is 0.709 bits per heavy atom. The number of pyridine rings is 2. The number of hydrogen-bond acceptors (Lipinski definition) is 12. The van der Waals surface area contributed by atoms with Crippen molar-refractivity contribution in [3.63, 3.8) is 0 Å². The lowest BCUT2D eigenvalue weighted by atomic mass is 9.81. The normalized spacial score (nSPS) is 16.9. The van der Waals surface area contributed by atoms with E-state index in [0.717, 1.165) is 77.8 Å². The van der Waals surface area contributed by atoms with Crippen LogP contribution < -0.4 is 20.3 Å². The van der Waals surface area contributed by atoms with Gasteiger partial charge in [0.1, 0.15) is 17.6 Å². The zero-order valence-corrected chi connectivity index (χ0v) is 32.8. The number of phenolic OH excluding ortho intramolecular Hbond substituents is 2. The van der Waals surface area contributed by atoms with Gasteiger partial charge in [0.15, 0.2) is 5.82 Å². The van der Waals surface area contributed by atoms with E-state index in [4.69, 9.17) is 4.74 Å². The molecule has 2 saturated heterocycles. The molecule has 12 heteroatoms. The molecule has 0 amide bonds. The molecular weight excluding hydrogens is 691 g/mol. The van der Waals surface area contributed by atoms with Crippen LogP contribution in [0.5, 0.6) is 17.4 Å². The number of piperazine rings is 1. The van der Waals surface area contributed by atoms with Gasteiger partial charge in [0.2, 0.25) is 5.88 Å². The summed E-state index contributed by atoms with van der Waals surface area (Å²) in [5.74, 6) is 2.10. The molecule has 0 spiro atoms. The molecule has 4 aromatic heterocycles. The molecular formula is C43H51N9O3. The fourth-order valence-electron chi connectivity index (χ4n) is 7.76. The Morgan fingerprint density at radius 2 is 1.29 bits per heavy atom. The number of nitrogens with zero attached hydrogens (tertiary/aromatic N) is 7. The van der Waals surface area contributed by atoms with Crippen LogP contribution in [0.1, 0.15) is 71.7 Å². The van der Waals surface area contributed by atoms with Gasteiger partial charge >= 0.3 is 0 Å². The molecule has 2 aliphatic rings. The highest BCUT2D eigenvalue weighted by Gasteiger charge is 2.39. The van der Waals surface area contributed by atoms with Gasteiger partial charge in [-0.25, -0.2) is 0 Å². The van der Waals surface area contributed by atoms with Crippen LogP contribution in [0.25, 0.3) is 44.1 Å². The Labute approximate surface area is 322 Å². The summed E-state index contributed by atoms with van der Waals surface area (Å²) >= 11 is 0. The Kier molecular flexibility index (Phi) is 10.6. The van der Waals surface area contributed by atoms with E-state index >= 15 is 0 Å². The third-order valence-electron chi connectivity index (χ3n) is 10.1. The van der Waals surface area contributed by atoms with Crippen LogP contribution in [-0.2, 0) is 0 Å². The van der Waals surface area contributed by atoms with Crippen molar-refractivity contribution in [3.8, 4) is 39.9 Å². The van der Waals surface area contributed by atoms with E-state index in [9.17, 15) is 10.2 Å². The number of phenols is 2. The number of ether oxygens (including phenoxy) is 1. The fourth-order valence-corrected chi connectivity index (χ4v) is 7.76. The van der Waals surface area contributed by atoms with E-state index in [2.05, 4.69) is 87.4 Å². The van der Waals surface area contributed by atoms with Crippen molar-refractivity contribution in [3.05, 3.63) is 84.4 Å². The summed E-state index contributed by atoms with van der Waals surface area (Å²) in [6, 6.07) is 18.9. The smallest absolute Gasteiger partial charge is 0.233 e. The van der Waals surface area contributed by atoms with Crippen molar-refractivity contribution in [2.45, 2.75) is 84.4 Å². The summed E-state index contributed by atoms with van der Waals surface area (Å²) in [5, 5.41) is 49.1. The molecule has 4 N–H and O–H groups in total. The van der Waals surface area contributed by atoms with Crippen LogP contribution >= 0.6 is 0 Å². The molecule has 0 aliphatic carbocycles. The zero-order valence-electron chi connectivity index (χ0n) is 32.8. The highest BCUT2D eigenvalue weighted by atomic mass is 16.5. The minimum atomic E-state index is 0.000140. The van der Waals surface area contributed by atoms with Gasteiger partial charge in [-0.1, -0.05) is 13.8 Å². The van der Waals surface area contributed by atoms with E-state index in [1.807, 2.05) is 67.8 Å². The van der Waals surface area contributed by atoms with Gasteiger partial charge in [0, 0.05) is 102 Å². The molecule has 6 heterocycles. The molecule has 55 heavy (non-hydrogen) atoms. The van der Waals surface area contributed by atoms with Crippen LogP contribution in [0.4, 0.5) is 5.82 Å². The Morgan fingerprint density at radius 3 is 1.85 bits per heavy atom. The molecule has 0 bridgehead atoms. The van der Waals surface area contributed by atoms with Gasteiger partial charge in [0.25, 0.3) is 0 Å². The van der Waals surface area contributed by atoms with Crippen molar-refractivity contribution in [1.29, 1.82) is 0 Å².